The van der Waals surface area contributed by atoms with Gasteiger partial charge in [-0.25, -0.2) is 12.8 Å². The molecule has 3 aromatic carbocycles. The van der Waals surface area contributed by atoms with E-state index in [9.17, 15) is 22.4 Å². The number of halogens is 1. The van der Waals surface area contributed by atoms with Crippen LogP contribution in [0.25, 0.3) is 0 Å². The lowest BCUT2D eigenvalue weighted by molar-refractivity contribution is 0.0992. The first kappa shape index (κ1) is 24.9. The number of carbonyl (C=O) groups excluding carboxylic acids is 2. The summed E-state index contributed by atoms with van der Waals surface area (Å²) < 4.78 is 42.2. The van der Waals surface area contributed by atoms with Gasteiger partial charge >= 0.3 is 0 Å². The number of amides is 2. The molecule has 0 aliphatic heterocycles. The fourth-order valence-corrected chi connectivity index (χ4v) is 4.58. The number of rotatable bonds is 6. The summed E-state index contributed by atoms with van der Waals surface area (Å²) in [6.07, 6.45) is 0. The largest absolute Gasteiger partial charge is 0.366 e. The predicted molar refractivity (Wildman–Crippen MR) is 130 cm³/mol. The van der Waals surface area contributed by atoms with Gasteiger partial charge in [-0.05, 0) is 72.0 Å². The van der Waals surface area contributed by atoms with Crippen LogP contribution in [0.15, 0.2) is 65.6 Å². The molecule has 0 heterocycles. The zero-order chi connectivity index (χ0) is 25.3. The van der Waals surface area contributed by atoms with E-state index in [0.29, 0.717) is 5.56 Å². The molecule has 0 radical (unpaired) electrons. The Morgan fingerprint density at radius 2 is 1.53 bits per heavy atom. The Morgan fingerprint density at radius 1 is 0.912 bits per heavy atom. The Hall–Kier alpha value is -3.72. The molecule has 4 N–H and O–H groups in total. The van der Waals surface area contributed by atoms with Crippen LogP contribution >= 0.6 is 0 Å². The van der Waals surface area contributed by atoms with Gasteiger partial charge in [0.1, 0.15) is 5.82 Å². The third-order valence-corrected chi connectivity index (χ3v) is 6.76. The first-order chi connectivity index (χ1) is 15.8. The van der Waals surface area contributed by atoms with Gasteiger partial charge in [0.15, 0.2) is 0 Å². The van der Waals surface area contributed by atoms with Crippen molar-refractivity contribution in [1.82, 2.24) is 0 Å². The van der Waals surface area contributed by atoms with Crippen molar-refractivity contribution in [3.8, 4) is 0 Å². The van der Waals surface area contributed by atoms with Crippen molar-refractivity contribution in [2.24, 2.45) is 5.73 Å². The molecule has 0 fully saturated rings. The van der Waals surface area contributed by atoms with Crippen LogP contribution in [-0.2, 0) is 15.4 Å². The first-order valence-corrected chi connectivity index (χ1v) is 11.9. The van der Waals surface area contributed by atoms with E-state index in [0.717, 1.165) is 17.7 Å². The number of hydrogen-bond acceptors (Lipinski definition) is 4. The third kappa shape index (κ3) is 5.60. The summed E-state index contributed by atoms with van der Waals surface area (Å²) in [4.78, 5) is 24.0. The van der Waals surface area contributed by atoms with Crippen LogP contribution in [0.1, 0.15) is 52.6 Å². The lowest BCUT2D eigenvalue weighted by atomic mass is 9.87. The second-order valence-electron chi connectivity index (χ2n) is 8.93. The number of nitrogens with one attached hydrogen (secondary N) is 2. The highest BCUT2D eigenvalue weighted by Crippen LogP contribution is 2.28. The smallest absolute Gasteiger partial charge is 0.262 e. The predicted octanol–water partition coefficient (Wildman–Crippen LogP) is 4.58. The molecule has 0 aliphatic rings. The highest BCUT2D eigenvalue weighted by Gasteiger charge is 2.22. The molecule has 3 rings (SSSR count). The summed E-state index contributed by atoms with van der Waals surface area (Å²) in [7, 11) is -3.86. The molecule has 0 unspecified atom stereocenters. The van der Waals surface area contributed by atoms with Gasteiger partial charge in [0.2, 0.25) is 0 Å². The Morgan fingerprint density at radius 3 is 2.12 bits per heavy atom. The summed E-state index contributed by atoms with van der Waals surface area (Å²) in [5.74, 6) is -2.26. The second kappa shape index (κ2) is 9.26. The quantitative estimate of drug-likeness (QED) is 0.475. The van der Waals surface area contributed by atoms with Gasteiger partial charge in [0, 0.05) is 16.9 Å². The average molecular weight is 484 g/mol. The minimum atomic E-state index is -3.86. The number of nitrogens with two attached hydrogens (primary N) is 1. The number of aryl methyl sites for hydroxylation is 1. The van der Waals surface area contributed by atoms with Crippen LogP contribution in [0.2, 0.25) is 0 Å². The normalized spacial score (nSPS) is 11.7. The van der Waals surface area contributed by atoms with E-state index in [2.05, 4.69) is 10.0 Å². The fraction of sp³-hybridized carbons (Fsp3) is 0.200. The van der Waals surface area contributed by atoms with Crippen LogP contribution < -0.4 is 15.8 Å². The van der Waals surface area contributed by atoms with E-state index in [1.54, 1.807) is 19.1 Å². The van der Waals surface area contributed by atoms with Gasteiger partial charge in [0.25, 0.3) is 21.8 Å². The van der Waals surface area contributed by atoms with Crippen LogP contribution in [0, 0.1) is 12.7 Å². The molecule has 34 heavy (non-hydrogen) atoms. The van der Waals surface area contributed by atoms with Gasteiger partial charge in [-0.1, -0.05) is 32.9 Å². The first-order valence-electron chi connectivity index (χ1n) is 10.4. The van der Waals surface area contributed by atoms with E-state index in [-0.39, 0.29) is 32.8 Å². The molecule has 3 aromatic rings. The SMILES string of the molecule is Cc1ccc(C(C)(C)C)cc1S(=O)(=O)Nc1ccc(C(=O)Nc2ccc(F)c(C(N)=O)c2)cc1. The molecule has 178 valence electrons. The number of hydrogen-bond donors (Lipinski definition) is 3. The van der Waals surface area contributed by atoms with E-state index in [4.69, 9.17) is 5.73 Å². The van der Waals surface area contributed by atoms with Crippen LogP contribution in [0.4, 0.5) is 15.8 Å². The molecule has 0 spiro atoms. The Kier molecular flexibility index (Phi) is 6.79. The van der Waals surface area contributed by atoms with Crippen molar-refractivity contribution in [3.63, 3.8) is 0 Å². The van der Waals surface area contributed by atoms with Crippen molar-refractivity contribution in [1.29, 1.82) is 0 Å². The van der Waals surface area contributed by atoms with Crippen LogP contribution in [0.3, 0.4) is 0 Å². The topological polar surface area (TPSA) is 118 Å². The molecule has 0 atom stereocenters. The van der Waals surface area contributed by atoms with Gasteiger partial charge in [-0.3, -0.25) is 14.3 Å². The molecule has 0 aliphatic carbocycles. The highest BCUT2D eigenvalue weighted by molar-refractivity contribution is 7.92. The molecular weight excluding hydrogens is 457 g/mol. The highest BCUT2D eigenvalue weighted by atomic mass is 32.2. The van der Waals surface area contributed by atoms with E-state index in [1.807, 2.05) is 26.8 Å². The summed E-state index contributed by atoms with van der Waals surface area (Å²) in [5.41, 5.74) is 6.80. The standard InChI is InChI=1S/C25H26FN3O4S/c1-15-5-8-17(25(2,3)4)13-22(15)34(32,33)29-18-9-6-16(7-10-18)24(31)28-19-11-12-21(26)20(14-19)23(27)30/h5-14,29H,1-4H3,(H2,27,30)(H,28,31). The maximum atomic E-state index is 13.6. The molecule has 7 nitrogen and oxygen atoms in total. The molecule has 0 bridgehead atoms. The van der Waals surface area contributed by atoms with Crippen LogP contribution in [-0.4, -0.2) is 20.2 Å². The number of sulfonamides is 1. The summed E-state index contributed by atoms with van der Waals surface area (Å²) in [6.45, 7) is 7.75. The second-order valence-corrected chi connectivity index (χ2v) is 10.6. The molecule has 2 amide bonds. The molecule has 0 saturated heterocycles. The zero-order valence-corrected chi connectivity index (χ0v) is 20.1. The van der Waals surface area contributed by atoms with E-state index < -0.39 is 27.7 Å². The third-order valence-electron chi connectivity index (χ3n) is 5.23. The van der Waals surface area contributed by atoms with Crippen molar-refractivity contribution >= 4 is 33.2 Å². The number of anilines is 2. The van der Waals surface area contributed by atoms with Gasteiger partial charge in [0.05, 0.1) is 10.5 Å². The molecule has 9 heteroatoms. The van der Waals surface area contributed by atoms with Gasteiger partial charge in [-0.2, -0.15) is 0 Å². The van der Waals surface area contributed by atoms with Gasteiger partial charge in [-0.15, -0.1) is 0 Å². The van der Waals surface area contributed by atoms with Gasteiger partial charge < -0.3 is 11.1 Å². The number of benzene rings is 3. The van der Waals surface area contributed by atoms with Crippen molar-refractivity contribution in [3.05, 3.63) is 88.7 Å². The summed E-state index contributed by atoms with van der Waals surface area (Å²) >= 11 is 0. The average Bonchev–Trinajstić information content (AvgIpc) is 2.74. The van der Waals surface area contributed by atoms with Crippen molar-refractivity contribution in [2.45, 2.75) is 38.0 Å². The van der Waals surface area contributed by atoms with Crippen molar-refractivity contribution < 1.29 is 22.4 Å². The Bertz CT molecular complexity index is 1360. The fourth-order valence-electron chi connectivity index (χ4n) is 3.25. The Balaban J connectivity index is 1.78. The summed E-state index contributed by atoms with van der Waals surface area (Å²) in [5, 5.41) is 2.55. The maximum Gasteiger partial charge on any atom is 0.262 e. The maximum absolute atomic E-state index is 13.6. The summed E-state index contributed by atoms with van der Waals surface area (Å²) in [6, 6.07) is 14.7. The lowest BCUT2D eigenvalue weighted by Gasteiger charge is -2.21. The van der Waals surface area contributed by atoms with E-state index in [1.165, 1.54) is 30.3 Å². The van der Waals surface area contributed by atoms with E-state index >= 15 is 0 Å². The zero-order valence-electron chi connectivity index (χ0n) is 19.3. The lowest BCUT2D eigenvalue weighted by Crippen LogP contribution is -2.18. The molecule has 0 saturated carbocycles. The minimum Gasteiger partial charge on any atom is -0.366 e. The van der Waals surface area contributed by atoms with Crippen molar-refractivity contribution in [2.75, 3.05) is 10.0 Å². The monoisotopic (exact) mass is 483 g/mol. The minimum absolute atomic E-state index is 0.184. The Labute approximate surface area is 198 Å². The molecular formula is C25H26FN3O4S. The number of primary amides is 1. The number of carbonyl (C=O) groups is 2. The van der Waals surface area contributed by atoms with Crippen LogP contribution in [0.5, 0.6) is 0 Å². The molecule has 0 aromatic heterocycles.